The van der Waals surface area contributed by atoms with E-state index in [0.29, 0.717) is 23.7 Å². The first-order valence-corrected chi connectivity index (χ1v) is 25.5. The highest BCUT2D eigenvalue weighted by Crippen LogP contribution is 2.44. The molecule has 10 aromatic carbocycles. The van der Waals surface area contributed by atoms with Crippen LogP contribution in [0.15, 0.2) is 249 Å². The van der Waals surface area contributed by atoms with Crippen LogP contribution in [-0.2, 0) is 0 Å². The van der Waals surface area contributed by atoms with Gasteiger partial charge in [0.15, 0.2) is 5.82 Å². The van der Waals surface area contributed by atoms with Gasteiger partial charge in [0, 0.05) is 65.5 Å². The summed E-state index contributed by atoms with van der Waals surface area (Å²) in [5, 5.41) is 8.77. The lowest BCUT2D eigenvalue weighted by Crippen LogP contribution is -2.10. The molecule has 16 rings (SSSR count). The van der Waals surface area contributed by atoms with E-state index < -0.39 is 0 Å². The van der Waals surface area contributed by atoms with E-state index in [1.807, 2.05) is 30.3 Å². The standard InChI is InChI=1S/C67H41N9/c1-5-21-42(22-6-1)53-41-54(43-23-7-2-8-24-43)69-65(68-53)74-58-36-20-16-32-52(58)60-59(74)40-39-49-46-29-14-18-34-56(46)75(61(49)60)66-70-64(44-25-9-3-10-26-44)71-67(72-66)76-57-35-19-15-31-48(57)51-38-37-50-47-30-13-17-33-55(47)73(62(50)63(51)76)45-27-11-4-12-28-45/h1-41H. The van der Waals surface area contributed by atoms with Crippen molar-refractivity contribution in [3.63, 3.8) is 0 Å². The molecule has 76 heavy (non-hydrogen) atoms. The van der Waals surface area contributed by atoms with E-state index in [-0.39, 0.29) is 0 Å². The predicted molar refractivity (Wildman–Crippen MR) is 309 cm³/mol. The zero-order valence-electron chi connectivity index (χ0n) is 40.7. The molecular weight excluding hydrogens is 931 g/mol. The molecule has 0 fully saturated rings. The molecule has 16 aromatic rings. The number of para-hydroxylation sites is 5. The molecule has 0 aliphatic carbocycles. The van der Waals surface area contributed by atoms with Gasteiger partial charge in [-0.3, -0.25) is 13.7 Å². The van der Waals surface area contributed by atoms with Crippen LogP contribution in [0.3, 0.4) is 0 Å². The second kappa shape index (κ2) is 16.5. The van der Waals surface area contributed by atoms with E-state index in [2.05, 4.69) is 237 Å². The van der Waals surface area contributed by atoms with E-state index in [9.17, 15) is 0 Å². The number of rotatable bonds is 7. The lowest BCUT2D eigenvalue weighted by atomic mass is 10.1. The zero-order valence-corrected chi connectivity index (χ0v) is 40.7. The largest absolute Gasteiger partial charge is 0.307 e. The number of fused-ring (bicyclic) bond motifs is 14. The smallest absolute Gasteiger partial charge is 0.240 e. The maximum Gasteiger partial charge on any atom is 0.240 e. The number of hydrogen-bond acceptors (Lipinski definition) is 5. The fourth-order valence-electron chi connectivity index (χ4n) is 11.8. The maximum atomic E-state index is 5.71. The molecule has 9 nitrogen and oxygen atoms in total. The molecule has 0 saturated heterocycles. The third-order valence-electron chi connectivity index (χ3n) is 15.1. The van der Waals surface area contributed by atoms with Crippen molar-refractivity contribution < 1.29 is 0 Å². The third kappa shape index (κ3) is 6.23. The van der Waals surface area contributed by atoms with E-state index in [1.165, 1.54) is 5.39 Å². The van der Waals surface area contributed by atoms with E-state index in [0.717, 1.165) is 116 Å². The zero-order chi connectivity index (χ0) is 49.8. The van der Waals surface area contributed by atoms with Crippen LogP contribution >= 0.6 is 0 Å². The van der Waals surface area contributed by atoms with Gasteiger partial charge in [-0.1, -0.05) is 200 Å². The normalized spacial score (nSPS) is 11.9. The van der Waals surface area contributed by atoms with Crippen molar-refractivity contribution in [1.29, 1.82) is 0 Å². The Morgan fingerprint density at radius 1 is 0.237 bits per heavy atom. The number of nitrogens with zero attached hydrogens (tertiary/aromatic N) is 9. The molecule has 0 N–H and O–H groups in total. The summed E-state index contributed by atoms with van der Waals surface area (Å²) in [6.07, 6.45) is 0. The highest BCUT2D eigenvalue weighted by atomic mass is 15.3. The molecule has 0 aliphatic heterocycles. The van der Waals surface area contributed by atoms with Crippen molar-refractivity contribution in [2.45, 2.75) is 0 Å². The van der Waals surface area contributed by atoms with Crippen LogP contribution in [0.25, 0.3) is 145 Å². The van der Waals surface area contributed by atoms with Gasteiger partial charge < -0.3 is 4.57 Å². The van der Waals surface area contributed by atoms with Gasteiger partial charge in [-0.25, -0.2) is 9.97 Å². The first kappa shape index (κ1) is 42.0. The number of hydrogen-bond donors (Lipinski definition) is 0. The Morgan fingerprint density at radius 2 is 0.618 bits per heavy atom. The molecule has 0 spiro atoms. The second-order valence-electron chi connectivity index (χ2n) is 19.3. The molecule has 9 heteroatoms. The summed E-state index contributed by atoms with van der Waals surface area (Å²) in [4.78, 5) is 27.5. The van der Waals surface area contributed by atoms with Crippen LogP contribution in [-0.4, -0.2) is 43.2 Å². The van der Waals surface area contributed by atoms with Crippen molar-refractivity contribution in [3.05, 3.63) is 249 Å². The second-order valence-corrected chi connectivity index (χ2v) is 19.3. The number of benzene rings is 10. The predicted octanol–water partition coefficient (Wildman–Crippen LogP) is 16.1. The average molecular weight is 972 g/mol. The Labute approximate surface area is 434 Å². The van der Waals surface area contributed by atoms with Crippen molar-refractivity contribution in [2.24, 2.45) is 0 Å². The van der Waals surface area contributed by atoms with Crippen LogP contribution in [0.5, 0.6) is 0 Å². The highest BCUT2D eigenvalue weighted by Gasteiger charge is 2.27. The molecule has 0 unspecified atom stereocenters. The van der Waals surface area contributed by atoms with Crippen LogP contribution in [0.4, 0.5) is 0 Å². The van der Waals surface area contributed by atoms with Crippen molar-refractivity contribution in [3.8, 4) is 57.4 Å². The van der Waals surface area contributed by atoms with Gasteiger partial charge in [-0.05, 0) is 48.5 Å². The van der Waals surface area contributed by atoms with Gasteiger partial charge in [-0.15, -0.1) is 0 Å². The Bertz CT molecular complexity index is 4920. The van der Waals surface area contributed by atoms with Crippen LogP contribution in [0.1, 0.15) is 0 Å². The summed E-state index contributed by atoms with van der Waals surface area (Å²) in [6.45, 7) is 0. The molecule has 0 radical (unpaired) electrons. The minimum Gasteiger partial charge on any atom is -0.307 e. The Balaban J connectivity index is 1.03. The molecule has 6 aromatic heterocycles. The molecular formula is C67H41N9. The summed E-state index contributed by atoms with van der Waals surface area (Å²) in [7, 11) is 0. The van der Waals surface area contributed by atoms with E-state index in [1.54, 1.807) is 0 Å². The third-order valence-corrected chi connectivity index (χ3v) is 15.1. The highest BCUT2D eigenvalue weighted by molar-refractivity contribution is 6.26. The number of aromatic nitrogens is 9. The Hall–Kier alpha value is -10.5. The summed E-state index contributed by atoms with van der Waals surface area (Å²) in [5.41, 5.74) is 13.7. The van der Waals surface area contributed by atoms with E-state index in [4.69, 9.17) is 24.9 Å². The quantitative estimate of drug-likeness (QED) is 0.159. The van der Waals surface area contributed by atoms with Gasteiger partial charge in [0.25, 0.3) is 0 Å². The van der Waals surface area contributed by atoms with Crippen LogP contribution < -0.4 is 0 Å². The molecule has 0 atom stereocenters. The topological polar surface area (TPSA) is 84.2 Å². The van der Waals surface area contributed by atoms with Gasteiger partial charge in [-0.2, -0.15) is 15.0 Å². The van der Waals surface area contributed by atoms with Crippen molar-refractivity contribution in [2.75, 3.05) is 0 Å². The SMILES string of the molecule is c1ccc(-c2cc(-c3ccccc3)nc(-n3c4ccccc4c4c3ccc3c5ccccc5n(-c5nc(-c6ccccc6)nc(-n6c7ccccc7c7ccc8c9ccccc9n(-c9ccccc9)c8c76)n5)c34)n2)cc1. The first-order valence-electron chi connectivity index (χ1n) is 25.5. The monoisotopic (exact) mass is 971 g/mol. The molecule has 0 bridgehead atoms. The van der Waals surface area contributed by atoms with Gasteiger partial charge in [0.1, 0.15) is 0 Å². The molecule has 354 valence electrons. The Kier molecular flexibility index (Phi) is 9.13. The molecule has 0 amide bonds. The molecule has 6 heterocycles. The van der Waals surface area contributed by atoms with Gasteiger partial charge in [0.05, 0.1) is 55.5 Å². The molecule has 0 saturated carbocycles. The summed E-state index contributed by atoms with van der Waals surface area (Å²) in [6, 6.07) is 87.1. The summed E-state index contributed by atoms with van der Waals surface area (Å²) < 4.78 is 9.13. The van der Waals surface area contributed by atoms with Crippen LogP contribution in [0.2, 0.25) is 0 Å². The fraction of sp³-hybridized carbons (Fsp3) is 0. The summed E-state index contributed by atoms with van der Waals surface area (Å²) in [5.74, 6) is 2.14. The minimum absolute atomic E-state index is 0.495. The lowest BCUT2D eigenvalue weighted by Gasteiger charge is -2.14. The first-order chi connectivity index (χ1) is 37.7. The minimum atomic E-state index is 0.495. The molecule has 0 aliphatic rings. The Morgan fingerprint density at radius 3 is 1.16 bits per heavy atom. The van der Waals surface area contributed by atoms with Crippen molar-refractivity contribution in [1.82, 2.24) is 43.2 Å². The maximum absolute atomic E-state index is 5.71. The fourth-order valence-corrected chi connectivity index (χ4v) is 11.8. The summed E-state index contributed by atoms with van der Waals surface area (Å²) >= 11 is 0. The lowest BCUT2D eigenvalue weighted by molar-refractivity contribution is 0.894. The van der Waals surface area contributed by atoms with Gasteiger partial charge >= 0.3 is 0 Å². The van der Waals surface area contributed by atoms with Crippen LogP contribution in [0, 0.1) is 0 Å². The average Bonchev–Trinajstić information content (AvgIpc) is 4.29. The van der Waals surface area contributed by atoms with Crippen molar-refractivity contribution >= 4 is 87.2 Å². The van der Waals surface area contributed by atoms with Gasteiger partial charge in [0.2, 0.25) is 17.8 Å². The van der Waals surface area contributed by atoms with E-state index >= 15 is 0 Å².